The molecule has 2 N–H and O–H groups in total. The molecular formula is C16H14N4S. The number of nitrogen functional groups attached to an aromatic ring is 1. The SMILES string of the molecule is N#Cc1cccc2c1nc(N)n2C1CCCc2sccc21. The Morgan fingerprint density at radius 1 is 1.38 bits per heavy atom. The van der Waals surface area contributed by atoms with Crippen LogP contribution in [0.25, 0.3) is 11.0 Å². The third-order valence-corrected chi connectivity index (χ3v) is 5.20. The molecule has 21 heavy (non-hydrogen) atoms. The van der Waals surface area contributed by atoms with E-state index in [2.05, 4.69) is 27.1 Å². The number of nitriles is 1. The molecule has 2 heterocycles. The first-order valence-electron chi connectivity index (χ1n) is 7.02. The first-order valence-corrected chi connectivity index (χ1v) is 7.90. The van der Waals surface area contributed by atoms with E-state index in [1.807, 2.05) is 23.5 Å². The van der Waals surface area contributed by atoms with Gasteiger partial charge in [0.15, 0.2) is 0 Å². The molecule has 0 amide bonds. The van der Waals surface area contributed by atoms with Gasteiger partial charge in [0.2, 0.25) is 5.95 Å². The maximum Gasteiger partial charge on any atom is 0.201 e. The standard InChI is InChI=1S/C16H14N4S/c17-9-10-3-1-5-13-15(10)19-16(18)20(13)12-4-2-6-14-11(12)7-8-21-14/h1,3,5,7-8,12H,2,4,6H2,(H2,18,19). The fourth-order valence-corrected chi connectivity index (χ4v) is 4.26. The van der Waals surface area contributed by atoms with Crippen molar-refractivity contribution in [1.29, 1.82) is 5.26 Å². The maximum atomic E-state index is 9.23. The number of aryl methyl sites for hydroxylation is 1. The van der Waals surface area contributed by atoms with Crippen LogP contribution in [-0.4, -0.2) is 9.55 Å². The average Bonchev–Trinajstić information content (AvgIpc) is 3.09. The average molecular weight is 294 g/mol. The van der Waals surface area contributed by atoms with E-state index in [9.17, 15) is 5.26 Å². The number of para-hydroxylation sites is 1. The topological polar surface area (TPSA) is 67.6 Å². The number of imidazole rings is 1. The highest BCUT2D eigenvalue weighted by Gasteiger charge is 2.26. The van der Waals surface area contributed by atoms with E-state index in [1.165, 1.54) is 10.4 Å². The molecule has 0 saturated heterocycles. The van der Waals surface area contributed by atoms with E-state index in [1.54, 1.807) is 6.07 Å². The van der Waals surface area contributed by atoms with Gasteiger partial charge in [-0.2, -0.15) is 5.26 Å². The second-order valence-electron chi connectivity index (χ2n) is 5.33. The van der Waals surface area contributed by atoms with Crippen LogP contribution in [0, 0.1) is 11.3 Å². The fourth-order valence-electron chi connectivity index (χ4n) is 3.28. The van der Waals surface area contributed by atoms with Crippen molar-refractivity contribution < 1.29 is 0 Å². The van der Waals surface area contributed by atoms with E-state index >= 15 is 0 Å². The first-order chi connectivity index (χ1) is 10.3. The van der Waals surface area contributed by atoms with Crippen molar-refractivity contribution in [1.82, 2.24) is 9.55 Å². The number of rotatable bonds is 1. The lowest BCUT2D eigenvalue weighted by atomic mass is 9.93. The molecule has 3 aromatic rings. The zero-order chi connectivity index (χ0) is 14.4. The molecule has 0 bridgehead atoms. The van der Waals surface area contributed by atoms with Crippen LogP contribution in [0.5, 0.6) is 0 Å². The molecule has 5 heteroatoms. The van der Waals surface area contributed by atoms with Crippen molar-refractivity contribution in [2.45, 2.75) is 25.3 Å². The molecule has 1 aromatic carbocycles. The molecule has 1 aliphatic rings. The van der Waals surface area contributed by atoms with Gasteiger partial charge < -0.3 is 10.3 Å². The van der Waals surface area contributed by atoms with Crippen molar-refractivity contribution in [2.75, 3.05) is 5.73 Å². The number of benzene rings is 1. The van der Waals surface area contributed by atoms with Crippen LogP contribution in [0.1, 0.15) is 34.9 Å². The number of aromatic nitrogens is 2. The highest BCUT2D eigenvalue weighted by atomic mass is 32.1. The zero-order valence-corrected chi connectivity index (χ0v) is 12.2. The van der Waals surface area contributed by atoms with Crippen molar-refractivity contribution in [3.63, 3.8) is 0 Å². The predicted octanol–water partition coefficient (Wildman–Crippen LogP) is 3.48. The van der Waals surface area contributed by atoms with Gasteiger partial charge in [-0.1, -0.05) is 6.07 Å². The highest BCUT2D eigenvalue weighted by molar-refractivity contribution is 7.10. The van der Waals surface area contributed by atoms with Crippen molar-refractivity contribution >= 4 is 28.3 Å². The second-order valence-corrected chi connectivity index (χ2v) is 6.33. The molecule has 2 aromatic heterocycles. The van der Waals surface area contributed by atoms with Crippen molar-refractivity contribution in [2.24, 2.45) is 0 Å². The number of fused-ring (bicyclic) bond motifs is 2. The lowest BCUT2D eigenvalue weighted by molar-refractivity contribution is 0.510. The number of nitrogens with zero attached hydrogens (tertiary/aromatic N) is 3. The van der Waals surface area contributed by atoms with Gasteiger partial charge >= 0.3 is 0 Å². The second kappa shape index (κ2) is 4.61. The van der Waals surface area contributed by atoms with Crippen molar-refractivity contribution in [3.8, 4) is 6.07 Å². The summed E-state index contributed by atoms with van der Waals surface area (Å²) >= 11 is 1.82. The maximum absolute atomic E-state index is 9.23. The zero-order valence-electron chi connectivity index (χ0n) is 11.4. The number of thiophene rings is 1. The van der Waals surface area contributed by atoms with E-state index < -0.39 is 0 Å². The highest BCUT2D eigenvalue weighted by Crippen LogP contribution is 2.39. The number of anilines is 1. The lowest BCUT2D eigenvalue weighted by Crippen LogP contribution is -2.17. The minimum Gasteiger partial charge on any atom is -0.369 e. The van der Waals surface area contributed by atoms with Gasteiger partial charge in [-0.25, -0.2) is 4.98 Å². The molecule has 0 spiro atoms. The third kappa shape index (κ3) is 1.76. The summed E-state index contributed by atoms with van der Waals surface area (Å²) in [7, 11) is 0. The quantitative estimate of drug-likeness (QED) is 0.747. The van der Waals surface area contributed by atoms with E-state index in [0.29, 0.717) is 17.0 Å². The Morgan fingerprint density at radius 3 is 3.14 bits per heavy atom. The number of hydrogen-bond donors (Lipinski definition) is 1. The Hall–Kier alpha value is -2.32. The monoisotopic (exact) mass is 294 g/mol. The minimum absolute atomic E-state index is 0.235. The molecule has 0 saturated carbocycles. The summed E-state index contributed by atoms with van der Waals surface area (Å²) in [6.45, 7) is 0. The minimum atomic E-state index is 0.235. The van der Waals surface area contributed by atoms with Gasteiger partial charge in [0.1, 0.15) is 11.6 Å². The molecule has 4 nitrogen and oxygen atoms in total. The number of hydrogen-bond acceptors (Lipinski definition) is 4. The predicted molar refractivity (Wildman–Crippen MR) is 84.3 cm³/mol. The van der Waals surface area contributed by atoms with Gasteiger partial charge in [0.05, 0.1) is 17.1 Å². The summed E-state index contributed by atoms with van der Waals surface area (Å²) in [5.74, 6) is 0.497. The van der Waals surface area contributed by atoms with Gasteiger partial charge in [0, 0.05) is 4.88 Å². The van der Waals surface area contributed by atoms with Crippen LogP contribution in [0.2, 0.25) is 0 Å². The van der Waals surface area contributed by atoms with Crippen LogP contribution in [-0.2, 0) is 6.42 Å². The number of nitrogens with two attached hydrogens (primary N) is 1. The van der Waals surface area contributed by atoms with Crippen LogP contribution in [0.3, 0.4) is 0 Å². The Kier molecular flexibility index (Phi) is 2.72. The van der Waals surface area contributed by atoms with E-state index in [-0.39, 0.29) is 6.04 Å². The van der Waals surface area contributed by atoms with Gasteiger partial charge in [0.25, 0.3) is 0 Å². The van der Waals surface area contributed by atoms with Crippen LogP contribution in [0.4, 0.5) is 5.95 Å². The summed E-state index contributed by atoms with van der Waals surface area (Å²) in [6.07, 6.45) is 3.38. The Balaban J connectivity index is 1.97. The Labute approximate surface area is 126 Å². The molecule has 1 unspecified atom stereocenters. The Morgan fingerprint density at radius 2 is 2.29 bits per heavy atom. The van der Waals surface area contributed by atoms with Gasteiger partial charge in [-0.15, -0.1) is 11.3 Å². The molecule has 4 rings (SSSR count). The third-order valence-electron chi connectivity index (χ3n) is 4.20. The van der Waals surface area contributed by atoms with E-state index in [4.69, 9.17) is 5.73 Å². The summed E-state index contributed by atoms with van der Waals surface area (Å²) < 4.78 is 2.10. The van der Waals surface area contributed by atoms with Crippen LogP contribution >= 0.6 is 11.3 Å². The van der Waals surface area contributed by atoms with Gasteiger partial charge in [-0.05, 0) is 48.4 Å². The summed E-state index contributed by atoms with van der Waals surface area (Å²) in [5, 5.41) is 11.4. The summed E-state index contributed by atoms with van der Waals surface area (Å²) in [4.78, 5) is 5.89. The molecule has 0 aliphatic heterocycles. The summed E-state index contributed by atoms with van der Waals surface area (Å²) in [5.41, 5.74) is 9.79. The molecule has 0 radical (unpaired) electrons. The smallest absolute Gasteiger partial charge is 0.201 e. The molecule has 0 fully saturated rings. The molecule has 1 atom stereocenters. The molecule has 104 valence electrons. The first kappa shape index (κ1) is 12.4. The largest absolute Gasteiger partial charge is 0.369 e. The lowest BCUT2D eigenvalue weighted by Gasteiger charge is -2.25. The summed E-state index contributed by atoms with van der Waals surface area (Å²) in [6, 6.07) is 10.3. The Bertz CT molecular complexity index is 868. The van der Waals surface area contributed by atoms with Crippen molar-refractivity contribution in [3.05, 3.63) is 45.6 Å². The molecular weight excluding hydrogens is 280 g/mol. The van der Waals surface area contributed by atoms with E-state index in [0.717, 1.165) is 24.8 Å². The van der Waals surface area contributed by atoms with Crippen LogP contribution < -0.4 is 5.73 Å². The fraction of sp³-hybridized carbons (Fsp3) is 0.250. The normalized spacial score (nSPS) is 17.6. The van der Waals surface area contributed by atoms with Gasteiger partial charge in [-0.3, -0.25) is 0 Å². The molecule has 1 aliphatic carbocycles. The van der Waals surface area contributed by atoms with Crippen LogP contribution in [0.15, 0.2) is 29.6 Å².